The number of hydrogen-bond acceptors (Lipinski definition) is 7. The normalized spacial score (nSPS) is 10.9. The Bertz CT molecular complexity index is 594. The fourth-order valence-corrected chi connectivity index (χ4v) is 1.41. The van der Waals surface area contributed by atoms with Crippen molar-refractivity contribution in [3.63, 3.8) is 0 Å². The largest absolute Gasteiger partial charge is 0.394 e. The Morgan fingerprint density at radius 2 is 2.16 bits per heavy atom. The van der Waals surface area contributed by atoms with Gasteiger partial charge < -0.3 is 20.7 Å². The first-order chi connectivity index (χ1) is 8.65. The minimum Gasteiger partial charge on any atom is -0.394 e. The number of anilines is 1. The Hall–Kier alpha value is -0.334. The molecule has 9 nitrogen and oxygen atoms in total. The Kier molecular flexibility index (Phi) is 6.56. The van der Waals surface area contributed by atoms with Crippen molar-refractivity contribution < 1.29 is 14.9 Å². The van der Waals surface area contributed by atoms with Gasteiger partial charge in [-0.3, -0.25) is 14.3 Å². The molecule has 0 aliphatic carbocycles. The molecule has 99 valence electrons. The number of imidazole rings is 1. The van der Waals surface area contributed by atoms with Crippen molar-refractivity contribution in [2.24, 2.45) is 0 Å². The van der Waals surface area contributed by atoms with Crippen LogP contribution in [0, 0.1) is 0 Å². The molecular formula is C9H13KN5O4. The number of aromatic nitrogens is 4. The first kappa shape index (κ1) is 16.7. The van der Waals surface area contributed by atoms with Crippen LogP contribution in [0.15, 0.2) is 11.1 Å². The number of hydrogen-bond donors (Lipinski definition) is 4. The standard InChI is InChI=1S/C9H13N5O4.K/c10-9-12-7-6(8(17)13-9)11-3-14(7)4-18-5(1-15)2-16;/h3,5,15-16H,1-2,4H2,(H3,10,12,13,17);. The van der Waals surface area contributed by atoms with Gasteiger partial charge in [-0.15, -0.1) is 0 Å². The molecule has 2 heterocycles. The Morgan fingerprint density at radius 3 is 2.79 bits per heavy atom. The molecule has 1 radical (unpaired) electrons. The van der Waals surface area contributed by atoms with Gasteiger partial charge >= 0.3 is 0 Å². The number of nitrogens with zero attached hydrogens (tertiary/aromatic N) is 3. The van der Waals surface area contributed by atoms with Gasteiger partial charge in [0.05, 0.1) is 19.5 Å². The number of nitrogens with one attached hydrogen (secondary N) is 1. The van der Waals surface area contributed by atoms with Gasteiger partial charge in [-0.05, 0) is 0 Å². The number of aromatic amines is 1. The molecule has 0 spiro atoms. The predicted molar refractivity (Wildman–Crippen MR) is 67.4 cm³/mol. The molecule has 0 bridgehead atoms. The third-order valence-electron chi connectivity index (χ3n) is 2.35. The van der Waals surface area contributed by atoms with Gasteiger partial charge in [-0.25, -0.2) is 4.98 Å². The molecule has 0 fully saturated rings. The fraction of sp³-hybridized carbons (Fsp3) is 0.444. The Balaban J connectivity index is 0.00000180. The molecule has 5 N–H and O–H groups in total. The minimum atomic E-state index is -0.693. The van der Waals surface area contributed by atoms with E-state index in [0.29, 0.717) is 0 Å². The summed E-state index contributed by atoms with van der Waals surface area (Å²) in [6, 6.07) is 0. The molecule has 0 aliphatic heterocycles. The number of aliphatic hydroxyl groups excluding tert-OH is 2. The van der Waals surface area contributed by atoms with Gasteiger partial charge in [-0.1, -0.05) is 0 Å². The van der Waals surface area contributed by atoms with Crippen LogP contribution in [-0.2, 0) is 11.5 Å². The first-order valence-electron chi connectivity index (χ1n) is 5.19. The van der Waals surface area contributed by atoms with Crippen molar-refractivity contribution in [2.75, 3.05) is 18.9 Å². The third-order valence-corrected chi connectivity index (χ3v) is 2.35. The van der Waals surface area contributed by atoms with Crippen LogP contribution < -0.4 is 11.3 Å². The van der Waals surface area contributed by atoms with Gasteiger partial charge in [0.15, 0.2) is 11.2 Å². The zero-order chi connectivity index (χ0) is 13.1. The summed E-state index contributed by atoms with van der Waals surface area (Å²) in [5.74, 6) is -0.0184. The van der Waals surface area contributed by atoms with Crippen molar-refractivity contribution in [3.8, 4) is 0 Å². The van der Waals surface area contributed by atoms with Crippen LogP contribution in [0.5, 0.6) is 0 Å². The summed E-state index contributed by atoms with van der Waals surface area (Å²) in [5.41, 5.74) is 5.43. The quantitative estimate of drug-likeness (QED) is 0.453. The molecule has 19 heavy (non-hydrogen) atoms. The average molecular weight is 294 g/mol. The van der Waals surface area contributed by atoms with E-state index in [0.717, 1.165) is 0 Å². The molecule has 0 unspecified atom stereocenters. The topological polar surface area (TPSA) is 139 Å². The van der Waals surface area contributed by atoms with Crippen LogP contribution in [0.2, 0.25) is 0 Å². The van der Waals surface area contributed by atoms with E-state index in [9.17, 15) is 4.79 Å². The van der Waals surface area contributed by atoms with Crippen molar-refractivity contribution >= 4 is 68.5 Å². The molecule has 0 amide bonds. The van der Waals surface area contributed by atoms with E-state index in [2.05, 4.69) is 15.0 Å². The monoisotopic (exact) mass is 294 g/mol. The van der Waals surface area contributed by atoms with Crippen molar-refractivity contribution in [3.05, 3.63) is 16.7 Å². The van der Waals surface area contributed by atoms with E-state index < -0.39 is 11.7 Å². The summed E-state index contributed by atoms with van der Waals surface area (Å²) in [6.45, 7) is -0.614. The third kappa shape index (κ3) is 3.83. The van der Waals surface area contributed by atoms with Gasteiger partial charge in [0.2, 0.25) is 5.95 Å². The van der Waals surface area contributed by atoms with Crippen molar-refractivity contribution in [1.29, 1.82) is 0 Å². The average Bonchev–Trinajstić information content (AvgIpc) is 2.74. The second kappa shape index (κ2) is 7.45. The smallest absolute Gasteiger partial charge is 0.280 e. The number of H-pyrrole nitrogens is 1. The molecule has 2 aromatic rings. The summed E-state index contributed by atoms with van der Waals surface area (Å²) < 4.78 is 6.66. The Morgan fingerprint density at radius 1 is 1.47 bits per heavy atom. The fourth-order valence-electron chi connectivity index (χ4n) is 1.41. The van der Waals surface area contributed by atoms with Crippen LogP contribution in [0.3, 0.4) is 0 Å². The molecule has 0 saturated heterocycles. The van der Waals surface area contributed by atoms with Gasteiger partial charge in [0.25, 0.3) is 5.56 Å². The van der Waals surface area contributed by atoms with Crippen LogP contribution in [-0.4, -0.2) is 100 Å². The van der Waals surface area contributed by atoms with Gasteiger partial charge in [-0.2, -0.15) is 4.98 Å². The van der Waals surface area contributed by atoms with Gasteiger partial charge in [0.1, 0.15) is 12.8 Å². The number of rotatable bonds is 5. The van der Waals surface area contributed by atoms with Crippen molar-refractivity contribution in [2.45, 2.75) is 12.8 Å². The zero-order valence-electron chi connectivity index (χ0n) is 10.4. The summed E-state index contributed by atoms with van der Waals surface area (Å²) in [5, 5.41) is 17.7. The molecule has 0 aliphatic rings. The maximum Gasteiger partial charge on any atom is 0.280 e. The second-order valence-corrected chi connectivity index (χ2v) is 3.62. The van der Waals surface area contributed by atoms with E-state index in [1.165, 1.54) is 10.9 Å². The number of fused-ring (bicyclic) bond motifs is 1. The molecule has 0 aromatic carbocycles. The Labute approximate surface area is 150 Å². The summed E-state index contributed by atoms with van der Waals surface area (Å²) >= 11 is 0. The summed E-state index contributed by atoms with van der Waals surface area (Å²) in [4.78, 5) is 21.6. The van der Waals surface area contributed by atoms with Crippen LogP contribution in [0.1, 0.15) is 0 Å². The number of ether oxygens (including phenoxy) is 1. The SMILES string of the molecule is Nc1nc2c(ncn2COC(CO)CO)c(=O)[nH]1.[K]. The van der Waals surface area contributed by atoms with E-state index in [1.807, 2.05) is 0 Å². The maximum atomic E-state index is 11.5. The van der Waals surface area contributed by atoms with E-state index in [-0.39, 0.29) is 88.4 Å². The minimum absolute atomic E-state index is 0. The van der Waals surface area contributed by atoms with Crippen LogP contribution >= 0.6 is 0 Å². The van der Waals surface area contributed by atoms with E-state index >= 15 is 0 Å². The predicted octanol–water partition coefficient (Wildman–Crippen LogP) is -2.35. The van der Waals surface area contributed by atoms with E-state index in [4.69, 9.17) is 20.7 Å². The molecule has 10 heteroatoms. The molecule has 0 atom stereocenters. The van der Waals surface area contributed by atoms with Crippen LogP contribution in [0.4, 0.5) is 5.95 Å². The molecule has 0 saturated carbocycles. The number of aliphatic hydroxyl groups is 2. The summed E-state index contributed by atoms with van der Waals surface area (Å²) in [6.07, 6.45) is 0.680. The number of nitrogen functional groups attached to an aromatic ring is 1. The maximum absolute atomic E-state index is 11.5. The van der Waals surface area contributed by atoms with Crippen molar-refractivity contribution in [1.82, 2.24) is 19.5 Å². The molecular weight excluding hydrogens is 281 g/mol. The summed E-state index contributed by atoms with van der Waals surface area (Å²) in [7, 11) is 0. The number of nitrogens with two attached hydrogens (primary N) is 1. The second-order valence-electron chi connectivity index (χ2n) is 3.62. The molecule has 2 rings (SSSR count). The van der Waals surface area contributed by atoms with Gasteiger partial charge in [0, 0.05) is 51.4 Å². The van der Waals surface area contributed by atoms with Crippen LogP contribution in [0.25, 0.3) is 11.2 Å². The molecule has 2 aromatic heterocycles. The zero-order valence-corrected chi connectivity index (χ0v) is 13.5. The van der Waals surface area contributed by atoms with E-state index in [1.54, 1.807) is 0 Å². The first-order valence-corrected chi connectivity index (χ1v) is 5.19.